The molecule has 4 nitrogen and oxygen atoms in total. The highest BCUT2D eigenvalue weighted by atomic mass is 32.2. The van der Waals surface area contributed by atoms with Gasteiger partial charge in [0.2, 0.25) is 0 Å². The molecule has 1 heterocycles. The second-order valence-electron chi connectivity index (χ2n) is 5.14. The largest absolute Gasteiger partial charge is 0.434 e. The van der Waals surface area contributed by atoms with E-state index in [1.54, 1.807) is 11.8 Å². The van der Waals surface area contributed by atoms with Gasteiger partial charge in [0, 0.05) is 23.2 Å². The van der Waals surface area contributed by atoms with Gasteiger partial charge in [-0.2, -0.15) is 24.9 Å². The standard InChI is InChI=1S/C13H21F3N4S2/c1-5-17-11(19-8-12(2,3)21-4)18-6-10-20-9(7-22-10)13(14,15)16/h7H,5-6,8H2,1-4H3,(H2,17,18,19). The molecule has 0 bridgehead atoms. The minimum atomic E-state index is -4.40. The third kappa shape index (κ3) is 6.43. The van der Waals surface area contributed by atoms with Gasteiger partial charge in [-0.05, 0) is 27.0 Å². The molecule has 1 aromatic rings. The topological polar surface area (TPSA) is 49.3 Å². The van der Waals surface area contributed by atoms with Crippen LogP contribution in [0, 0.1) is 0 Å². The Morgan fingerprint density at radius 2 is 2.05 bits per heavy atom. The third-order valence-corrected chi connectivity index (χ3v) is 4.88. The zero-order valence-electron chi connectivity index (χ0n) is 13.0. The Kier molecular flexibility index (Phi) is 6.98. The Morgan fingerprint density at radius 3 is 2.55 bits per heavy atom. The molecule has 22 heavy (non-hydrogen) atoms. The zero-order valence-corrected chi connectivity index (χ0v) is 14.7. The maximum absolute atomic E-state index is 12.5. The Morgan fingerprint density at radius 1 is 1.36 bits per heavy atom. The van der Waals surface area contributed by atoms with Crippen LogP contribution in [0.25, 0.3) is 0 Å². The molecule has 0 aliphatic rings. The second kappa shape index (κ2) is 8.05. The molecule has 0 aromatic carbocycles. The molecule has 9 heteroatoms. The molecular formula is C13H21F3N4S2. The molecule has 0 spiro atoms. The summed E-state index contributed by atoms with van der Waals surface area (Å²) in [5, 5.41) is 7.62. The number of hydrogen-bond acceptors (Lipinski definition) is 4. The molecule has 0 atom stereocenters. The van der Waals surface area contributed by atoms with Gasteiger partial charge in [-0.25, -0.2) is 9.98 Å². The SMILES string of the molecule is CCNC(=NCc1nc(C(F)(F)F)cs1)NCC(C)(C)SC. The Bertz CT molecular complexity index is 498. The summed E-state index contributed by atoms with van der Waals surface area (Å²) in [7, 11) is 0. The van der Waals surface area contributed by atoms with Crippen molar-refractivity contribution in [2.24, 2.45) is 4.99 Å². The number of hydrogen-bond donors (Lipinski definition) is 2. The minimum Gasteiger partial charge on any atom is -0.357 e. The van der Waals surface area contributed by atoms with Gasteiger partial charge in [0.1, 0.15) is 5.01 Å². The Hall–Kier alpha value is -0.960. The van der Waals surface area contributed by atoms with Gasteiger partial charge >= 0.3 is 6.18 Å². The average Bonchev–Trinajstić information content (AvgIpc) is 2.91. The van der Waals surface area contributed by atoms with Crippen LogP contribution < -0.4 is 10.6 Å². The molecule has 0 unspecified atom stereocenters. The maximum Gasteiger partial charge on any atom is 0.434 e. The van der Waals surface area contributed by atoms with Crippen molar-refractivity contribution in [3.8, 4) is 0 Å². The molecular weight excluding hydrogens is 333 g/mol. The lowest BCUT2D eigenvalue weighted by atomic mass is 10.2. The number of rotatable bonds is 6. The first-order chi connectivity index (χ1) is 10.2. The predicted octanol–water partition coefficient (Wildman–Crippen LogP) is 3.36. The van der Waals surface area contributed by atoms with Crippen LogP contribution in [0.4, 0.5) is 13.2 Å². The highest BCUT2D eigenvalue weighted by molar-refractivity contribution is 7.99. The zero-order chi connectivity index (χ0) is 16.8. The Labute approximate surface area is 137 Å². The van der Waals surface area contributed by atoms with E-state index in [4.69, 9.17) is 0 Å². The van der Waals surface area contributed by atoms with E-state index >= 15 is 0 Å². The molecule has 0 aliphatic heterocycles. The number of nitrogens with zero attached hydrogens (tertiary/aromatic N) is 2. The van der Waals surface area contributed by atoms with Crippen molar-refractivity contribution >= 4 is 29.1 Å². The van der Waals surface area contributed by atoms with Crippen molar-refractivity contribution in [2.45, 2.75) is 38.2 Å². The van der Waals surface area contributed by atoms with E-state index in [-0.39, 0.29) is 11.3 Å². The molecule has 2 N–H and O–H groups in total. The summed E-state index contributed by atoms with van der Waals surface area (Å²) in [4.78, 5) is 7.85. The lowest BCUT2D eigenvalue weighted by Gasteiger charge is -2.23. The van der Waals surface area contributed by atoms with Crippen LogP contribution in [-0.2, 0) is 12.7 Å². The molecule has 0 aliphatic carbocycles. The molecule has 0 amide bonds. The van der Waals surface area contributed by atoms with E-state index < -0.39 is 11.9 Å². The maximum atomic E-state index is 12.5. The van der Waals surface area contributed by atoms with Crippen molar-refractivity contribution < 1.29 is 13.2 Å². The lowest BCUT2D eigenvalue weighted by Crippen LogP contribution is -2.43. The molecule has 0 saturated carbocycles. The van der Waals surface area contributed by atoms with Crippen LogP contribution in [0.15, 0.2) is 10.4 Å². The fourth-order valence-corrected chi connectivity index (χ4v) is 2.31. The molecule has 1 aromatic heterocycles. The van der Waals surface area contributed by atoms with Crippen molar-refractivity contribution in [3.05, 3.63) is 16.1 Å². The van der Waals surface area contributed by atoms with Crippen LogP contribution in [0.5, 0.6) is 0 Å². The number of halogens is 3. The molecule has 0 radical (unpaired) electrons. The normalized spacial score (nSPS) is 13.3. The molecule has 1 rings (SSSR count). The van der Waals surface area contributed by atoms with Crippen molar-refractivity contribution in [1.82, 2.24) is 15.6 Å². The van der Waals surface area contributed by atoms with Crippen molar-refractivity contribution in [1.29, 1.82) is 0 Å². The smallest absolute Gasteiger partial charge is 0.357 e. The van der Waals surface area contributed by atoms with Crippen LogP contribution in [0.3, 0.4) is 0 Å². The van der Waals surface area contributed by atoms with Gasteiger partial charge in [-0.15, -0.1) is 11.3 Å². The summed E-state index contributed by atoms with van der Waals surface area (Å²) in [6, 6.07) is 0. The monoisotopic (exact) mass is 354 g/mol. The lowest BCUT2D eigenvalue weighted by molar-refractivity contribution is -0.140. The van der Waals surface area contributed by atoms with Gasteiger partial charge in [-0.1, -0.05) is 0 Å². The van der Waals surface area contributed by atoms with Gasteiger partial charge in [0.15, 0.2) is 11.7 Å². The van der Waals surface area contributed by atoms with Crippen LogP contribution in [-0.4, -0.2) is 35.0 Å². The number of alkyl halides is 3. The second-order valence-corrected chi connectivity index (χ2v) is 7.59. The Balaban J connectivity index is 2.67. The van der Waals surface area contributed by atoms with Gasteiger partial charge < -0.3 is 10.6 Å². The van der Waals surface area contributed by atoms with E-state index in [2.05, 4.69) is 34.5 Å². The minimum absolute atomic E-state index is 0.0425. The number of thiazole rings is 1. The predicted molar refractivity (Wildman–Crippen MR) is 87.5 cm³/mol. The summed E-state index contributed by atoms with van der Waals surface area (Å²) in [6.07, 6.45) is -2.37. The average molecular weight is 354 g/mol. The van der Waals surface area contributed by atoms with Crippen molar-refractivity contribution in [3.63, 3.8) is 0 Å². The fourth-order valence-electron chi connectivity index (χ4n) is 1.37. The number of aliphatic imine (C=N–C) groups is 1. The van der Waals surface area contributed by atoms with E-state index in [1.165, 1.54) is 0 Å². The number of thioether (sulfide) groups is 1. The van der Waals surface area contributed by atoms with Crippen LogP contribution in [0.2, 0.25) is 0 Å². The summed E-state index contributed by atoms with van der Waals surface area (Å²) in [6.45, 7) is 7.63. The first-order valence-corrected chi connectivity index (χ1v) is 8.87. The van der Waals surface area contributed by atoms with Crippen LogP contribution >= 0.6 is 23.1 Å². The van der Waals surface area contributed by atoms with Crippen molar-refractivity contribution in [2.75, 3.05) is 19.3 Å². The molecule has 0 fully saturated rings. The quantitative estimate of drug-likeness (QED) is 0.608. The summed E-state index contributed by atoms with van der Waals surface area (Å²) in [5.74, 6) is 0.577. The third-order valence-electron chi connectivity index (χ3n) is 2.79. The first-order valence-electron chi connectivity index (χ1n) is 6.77. The molecule has 0 saturated heterocycles. The first kappa shape index (κ1) is 19.1. The number of guanidine groups is 1. The van der Waals surface area contributed by atoms with Gasteiger partial charge in [0.25, 0.3) is 0 Å². The van der Waals surface area contributed by atoms with E-state index in [0.29, 0.717) is 24.1 Å². The highest BCUT2D eigenvalue weighted by Crippen LogP contribution is 2.30. The van der Waals surface area contributed by atoms with E-state index in [9.17, 15) is 13.2 Å². The summed E-state index contributed by atoms with van der Waals surface area (Å²) < 4.78 is 37.5. The molecule has 126 valence electrons. The number of aromatic nitrogens is 1. The van der Waals surface area contributed by atoms with Crippen LogP contribution in [0.1, 0.15) is 31.5 Å². The van der Waals surface area contributed by atoms with Gasteiger partial charge in [0.05, 0.1) is 6.54 Å². The van der Waals surface area contributed by atoms with Gasteiger partial charge in [-0.3, -0.25) is 0 Å². The van der Waals surface area contributed by atoms with E-state index in [0.717, 1.165) is 16.7 Å². The summed E-state index contributed by atoms with van der Waals surface area (Å²) in [5.41, 5.74) is -0.857. The number of nitrogens with one attached hydrogen (secondary N) is 2. The highest BCUT2D eigenvalue weighted by Gasteiger charge is 2.33. The van der Waals surface area contributed by atoms with E-state index in [1.807, 2.05) is 13.2 Å². The fraction of sp³-hybridized carbons (Fsp3) is 0.692. The summed E-state index contributed by atoms with van der Waals surface area (Å²) >= 11 is 2.69.